The minimum atomic E-state index is 0.0501. The molecule has 2 aromatic rings. The van der Waals surface area contributed by atoms with Crippen LogP contribution in [-0.2, 0) is 11.2 Å². The summed E-state index contributed by atoms with van der Waals surface area (Å²) in [6.07, 6.45) is 5.39. The Labute approximate surface area is 124 Å². The Hall–Kier alpha value is -2.30. The van der Waals surface area contributed by atoms with Crippen LogP contribution in [0.2, 0.25) is 0 Å². The number of nitrogens with zero attached hydrogens (tertiary/aromatic N) is 1. The number of ether oxygens (including phenoxy) is 1. The average molecular weight is 287 g/mol. The standard InChI is InChI=1S/C16H21N3O2/c1-13-4-6-14(7-5-13)21-12-2-3-16(20)19-9-8-15-17-10-11-18-15/h4-7,10-11H,2-3,8-9,12H2,1H3,(H,17,18)(H,19,20). The van der Waals surface area contributed by atoms with Crippen LogP contribution in [0.25, 0.3) is 0 Å². The van der Waals surface area contributed by atoms with Crippen LogP contribution in [0.1, 0.15) is 24.2 Å². The topological polar surface area (TPSA) is 67.0 Å². The molecule has 0 spiro atoms. The normalized spacial score (nSPS) is 10.3. The number of aromatic nitrogens is 2. The van der Waals surface area contributed by atoms with Crippen LogP contribution in [0.3, 0.4) is 0 Å². The predicted molar refractivity (Wildman–Crippen MR) is 81.2 cm³/mol. The summed E-state index contributed by atoms with van der Waals surface area (Å²) in [6.45, 7) is 3.19. The van der Waals surface area contributed by atoms with E-state index >= 15 is 0 Å². The Morgan fingerprint density at radius 3 is 2.86 bits per heavy atom. The molecule has 0 bridgehead atoms. The summed E-state index contributed by atoms with van der Waals surface area (Å²) in [6, 6.07) is 7.91. The van der Waals surface area contributed by atoms with Gasteiger partial charge in [-0.3, -0.25) is 4.79 Å². The molecule has 2 rings (SSSR count). The van der Waals surface area contributed by atoms with Crippen molar-refractivity contribution in [3.05, 3.63) is 48.0 Å². The van der Waals surface area contributed by atoms with Crippen molar-refractivity contribution >= 4 is 5.91 Å². The van der Waals surface area contributed by atoms with Gasteiger partial charge in [0.25, 0.3) is 0 Å². The first-order chi connectivity index (χ1) is 10.2. The Bertz CT molecular complexity index is 535. The molecule has 21 heavy (non-hydrogen) atoms. The molecule has 1 amide bonds. The van der Waals surface area contributed by atoms with Crippen molar-refractivity contribution in [3.8, 4) is 5.75 Å². The molecule has 112 valence electrons. The van der Waals surface area contributed by atoms with E-state index in [1.165, 1.54) is 5.56 Å². The zero-order valence-electron chi connectivity index (χ0n) is 12.3. The van der Waals surface area contributed by atoms with Gasteiger partial charge in [-0.25, -0.2) is 4.98 Å². The molecule has 0 fully saturated rings. The monoisotopic (exact) mass is 287 g/mol. The Morgan fingerprint density at radius 2 is 2.14 bits per heavy atom. The third-order valence-electron chi connectivity index (χ3n) is 3.08. The third kappa shape index (κ3) is 5.69. The van der Waals surface area contributed by atoms with Crippen molar-refractivity contribution in [1.29, 1.82) is 0 Å². The van der Waals surface area contributed by atoms with E-state index in [0.717, 1.165) is 18.0 Å². The second kappa shape index (κ2) is 8.09. The molecule has 0 saturated carbocycles. The van der Waals surface area contributed by atoms with Gasteiger partial charge in [0.1, 0.15) is 11.6 Å². The number of nitrogens with one attached hydrogen (secondary N) is 2. The first kappa shape index (κ1) is 15.1. The molecule has 1 aromatic carbocycles. The highest BCUT2D eigenvalue weighted by Crippen LogP contribution is 2.11. The summed E-state index contributed by atoms with van der Waals surface area (Å²) in [5, 5.41) is 2.87. The molecule has 0 aliphatic carbocycles. The van der Waals surface area contributed by atoms with Crippen molar-refractivity contribution in [2.45, 2.75) is 26.2 Å². The Kier molecular flexibility index (Phi) is 5.82. The number of aryl methyl sites for hydroxylation is 1. The van der Waals surface area contributed by atoms with Crippen LogP contribution >= 0.6 is 0 Å². The maximum atomic E-state index is 11.6. The van der Waals surface area contributed by atoms with Crippen LogP contribution in [-0.4, -0.2) is 29.0 Å². The van der Waals surface area contributed by atoms with Gasteiger partial charge in [-0.1, -0.05) is 17.7 Å². The van der Waals surface area contributed by atoms with E-state index in [4.69, 9.17) is 4.74 Å². The van der Waals surface area contributed by atoms with E-state index in [2.05, 4.69) is 15.3 Å². The fourth-order valence-electron chi connectivity index (χ4n) is 1.90. The second-order valence-electron chi connectivity index (χ2n) is 4.90. The molecular weight excluding hydrogens is 266 g/mol. The third-order valence-corrected chi connectivity index (χ3v) is 3.08. The minimum Gasteiger partial charge on any atom is -0.494 e. The largest absolute Gasteiger partial charge is 0.494 e. The van der Waals surface area contributed by atoms with E-state index in [-0.39, 0.29) is 5.91 Å². The maximum Gasteiger partial charge on any atom is 0.220 e. The van der Waals surface area contributed by atoms with E-state index < -0.39 is 0 Å². The molecule has 1 aromatic heterocycles. The van der Waals surface area contributed by atoms with Gasteiger partial charge in [-0.05, 0) is 25.5 Å². The molecule has 0 radical (unpaired) electrons. The average Bonchev–Trinajstić information content (AvgIpc) is 2.99. The van der Waals surface area contributed by atoms with Gasteiger partial charge in [0.05, 0.1) is 6.61 Å². The number of carbonyl (C=O) groups excluding carboxylic acids is 1. The molecule has 0 saturated heterocycles. The molecule has 0 aliphatic rings. The Balaban J connectivity index is 1.53. The van der Waals surface area contributed by atoms with E-state index in [9.17, 15) is 4.79 Å². The molecule has 2 N–H and O–H groups in total. The van der Waals surface area contributed by atoms with Crippen LogP contribution in [0.15, 0.2) is 36.7 Å². The zero-order valence-corrected chi connectivity index (χ0v) is 12.3. The van der Waals surface area contributed by atoms with Crippen LogP contribution < -0.4 is 10.1 Å². The van der Waals surface area contributed by atoms with Crippen LogP contribution in [0.4, 0.5) is 0 Å². The molecular formula is C16H21N3O2. The lowest BCUT2D eigenvalue weighted by atomic mass is 10.2. The molecule has 0 atom stereocenters. The van der Waals surface area contributed by atoms with Crippen molar-refractivity contribution < 1.29 is 9.53 Å². The van der Waals surface area contributed by atoms with Gasteiger partial charge in [0.15, 0.2) is 0 Å². The summed E-state index contributed by atoms with van der Waals surface area (Å²) in [7, 11) is 0. The number of carbonyl (C=O) groups is 1. The second-order valence-corrected chi connectivity index (χ2v) is 4.90. The van der Waals surface area contributed by atoms with E-state index in [1.54, 1.807) is 12.4 Å². The number of benzene rings is 1. The van der Waals surface area contributed by atoms with Gasteiger partial charge in [-0.15, -0.1) is 0 Å². The number of hydrogen-bond acceptors (Lipinski definition) is 3. The molecule has 0 aliphatic heterocycles. The first-order valence-corrected chi connectivity index (χ1v) is 7.18. The lowest BCUT2D eigenvalue weighted by molar-refractivity contribution is -0.121. The summed E-state index contributed by atoms with van der Waals surface area (Å²) >= 11 is 0. The molecule has 1 heterocycles. The van der Waals surface area contributed by atoms with Gasteiger partial charge >= 0.3 is 0 Å². The quantitative estimate of drug-likeness (QED) is 0.732. The fourth-order valence-corrected chi connectivity index (χ4v) is 1.90. The highest BCUT2D eigenvalue weighted by atomic mass is 16.5. The number of rotatable bonds is 8. The number of H-pyrrole nitrogens is 1. The van der Waals surface area contributed by atoms with Crippen molar-refractivity contribution in [3.63, 3.8) is 0 Å². The van der Waals surface area contributed by atoms with Crippen molar-refractivity contribution in [2.24, 2.45) is 0 Å². The molecule has 0 unspecified atom stereocenters. The van der Waals surface area contributed by atoms with Gasteiger partial charge in [-0.2, -0.15) is 0 Å². The van der Waals surface area contributed by atoms with Gasteiger partial charge in [0, 0.05) is 31.8 Å². The number of imidazole rings is 1. The minimum absolute atomic E-state index is 0.0501. The lowest BCUT2D eigenvalue weighted by Crippen LogP contribution is -2.26. The smallest absolute Gasteiger partial charge is 0.220 e. The van der Waals surface area contributed by atoms with E-state index in [0.29, 0.717) is 26.0 Å². The van der Waals surface area contributed by atoms with Gasteiger partial charge < -0.3 is 15.0 Å². The number of aromatic amines is 1. The number of amides is 1. The molecule has 5 nitrogen and oxygen atoms in total. The summed E-state index contributed by atoms with van der Waals surface area (Å²) in [4.78, 5) is 18.7. The zero-order chi connectivity index (χ0) is 14.9. The predicted octanol–water partition coefficient (Wildman–Crippen LogP) is 2.24. The maximum absolute atomic E-state index is 11.6. The summed E-state index contributed by atoms with van der Waals surface area (Å²) in [5.41, 5.74) is 1.21. The van der Waals surface area contributed by atoms with Crippen molar-refractivity contribution in [1.82, 2.24) is 15.3 Å². The highest BCUT2D eigenvalue weighted by molar-refractivity contribution is 5.75. The summed E-state index contributed by atoms with van der Waals surface area (Å²) < 4.78 is 5.58. The van der Waals surface area contributed by atoms with Crippen LogP contribution in [0.5, 0.6) is 5.75 Å². The molecule has 5 heteroatoms. The SMILES string of the molecule is Cc1ccc(OCCCC(=O)NCCc2ncc[nH]2)cc1. The highest BCUT2D eigenvalue weighted by Gasteiger charge is 2.02. The first-order valence-electron chi connectivity index (χ1n) is 7.18. The van der Waals surface area contributed by atoms with E-state index in [1.807, 2.05) is 31.2 Å². The number of hydrogen-bond donors (Lipinski definition) is 2. The van der Waals surface area contributed by atoms with Crippen molar-refractivity contribution in [2.75, 3.05) is 13.2 Å². The van der Waals surface area contributed by atoms with Gasteiger partial charge in [0.2, 0.25) is 5.91 Å². The Morgan fingerprint density at radius 1 is 1.33 bits per heavy atom. The summed E-state index contributed by atoms with van der Waals surface area (Å²) in [5.74, 6) is 1.78. The van der Waals surface area contributed by atoms with Crippen LogP contribution in [0, 0.1) is 6.92 Å². The lowest BCUT2D eigenvalue weighted by Gasteiger charge is -2.07. The fraction of sp³-hybridized carbons (Fsp3) is 0.375.